The van der Waals surface area contributed by atoms with E-state index in [0.717, 1.165) is 25.9 Å². The SMILES string of the molecule is O=C(NCCCOCC1CCCO1)C1CCN(C(=O)c2ccc(F)cc2)CC1. The molecular formula is C21H29FN2O4. The van der Waals surface area contributed by atoms with Crippen LogP contribution >= 0.6 is 0 Å². The predicted octanol–water partition coefficient (Wildman–Crippen LogP) is 2.38. The van der Waals surface area contributed by atoms with Crippen LogP contribution in [0.2, 0.25) is 0 Å². The normalized spacial score (nSPS) is 20.3. The lowest BCUT2D eigenvalue weighted by Crippen LogP contribution is -2.43. The van der Waals surface area contributed by atoms with Crippen molar-refractivity contribution in [2.24, 2.45) is 5.92 Å². The molecule has 1 atom stereocenters. The van der Waals surface area contributed by atoms with E-state index in [9.17, 15) is 14.0 Å². The number of rotatable bonds is 8. The van der Waals surface area contributed by atoms with Crippen LogP contribution in [0.15, 0.2) is 24.3 Å². The molecule has 1 aromatic rings. The van der Waals surface area contributed by atoms with Crippen molar-refractivity contribution in [1.82, 2.24) is 10.2 Å². The molecule has 6 nitrogen and oxygen atoms in total. The Morgan fingerprint density at radius 1 is 1.18 bits per heavy atom. The van der Waals surface area contributed by atoms with Gasteiger partial charge in [0, 0.05) is 44.3 Å². The van der Waals surface area contributed by atoms with Crippen molar-refractivity contribution in [3.05, 3.63) is 35.6 Å². The van der Waals surface area contributed by atoms with Gasteiger partial charge in [-0.05, 0) is 56.4 Å². The Labute approximate surface area is 165 Å². The summed E-state index contributed by atoms with van der Waals surface area (Å²) in [6.07, 6.45) is 4.48. The van der Waals surface area contributed by atoms with Crippen LogP contribution in [-0.4, -0.2) is 62.3 Å². The number of likely N-dealkylation sites (tertiary alicyclic amines) is 1. The van der Waals surface area contributed by atoms with E-state index < -0.39 is 0 Å². The highest BCUT2D eigenvalue weighted by atomic mass is 19.1. The Hall–Kier alpha value is -1.99. The molecule has 2 saturated heterocycles. The molecule has 0 aliphatic carbocycles. The van der Waals surface area contributed by atoms with Crippen LogP contribution in [0.1, 0.15) is 42.5 Å². The topological polar surface area (TPSA) is 67.9 Å². The maximum atomic E-state index is 13.0. The fourth-order valence-electron chi connectivity index (χ4n) is 3.64. The number of piperidine rings is 1. The van der Waals surface area contributed by atoms with E-state index in [-0.39, 0.29) is 29.7 Å². The Morgan fingerprint density at radius 2 is 1.93 bits per heavy atom. The Morgan fingerprint density at radius 3 is 2.61 bits per heavy atom. The molecular weight excluding hydrogens is 363 g/mol. The summed E-state index contributed by atoms with van der Waals surface area (Å²) in [6.45, 7) is 3.76. The van der Waals surface area contributed by atoms with Crippen LogP contribution in [0.4, 0.5) is 4.39 Å². The van der Waals surface area contributed by atoms with Gasteiger partial charge in [-0.25, -0.2) is 4.39 Å². The molecule has 1 unspecified atom stereocenters. The molecule has 0 aromatic heterocycles. The second kappa shape index (κ2) is 10.5. The molecule has 0 saturated carbocycles. The molecule has 7 heteroatoms. The molecule has 2 amide bonds. The number of carbonyl (C=O) groups is 2. The molecule has 1 aromatic carbocycles. The Kier molecular flexibility index (Phi) is 7.80. The predicted molar refractivity (Wildman–Crippen MR) is 102 cm³/mol. The first-order chi connectivity index (χ1) is 13.6. The minimum atomic E-state index is -0.357. The summed E-state index contributed by atoms with van der Waals surface area (Å²) < 4.78 is 24.1. The molecule has 2 aliphatic rings. The van der Waals surface area contributed by atoms with Crippen LogP contribution < -0.4 is 5.32 Å². The number of amides is 2. The van der Waals surface area contributed by atoms with Gasteiger partial charge in [-0.2, -0.15) is 0 Å². The van der Waals surface area contributed by atoms with Gasteiger partial charge in [0.2, 0.25) is 5.91 Å². The largest absolute Gasteiger partial charge is 0.379 e. The molecule has 2 aliphatic heterocycles. The number of carbonyl (C=O) groups excluding carboxylic acids is 2. The number of ether oxygens (including phenoxy) is 2. The first kappa shape index (κ1) is 20.7. The first-order valence-electron chi connectivity index (χ1n) is 10.2. The monoisotopic (exact) mass is 392 g/mol. The number of nitrogens with zero attached hydrogens (tertiary/aromatic N) is 1. The highest BCUT2D eigenvalue weighted by molar-refractivity contribution is 5.94. The first-order valence-corrected chi connectivity index (χ1v) is 10.2. The minimum absolute atomic E-state index is 0.0491. The van der Waals surface area contributed by atoms with E-state index >= 15 is 0 Å². The van der Waals surface area contributed by atoms with E-state index in [0.29, 0.717) is 51.3 Å². The second-order valence-corrected chi connectivity index (χ2v) is 7.43. The van der Waals surface area contributed by atoms with E-state index in [2.05, 4.69) is 5.32 Å². The third-order valence-electron chi connectivity index (χ3n) is 5.34. The molecule has 2 heterocycles. The maximum absolute atomic E-state index is 13.0. The molecule has 1 N–H and O–H groups in total. The quantitative estimate of drug-likeness (QED) is 0.690. The lowest BCUT2D eigenvalue weighted by molar-refractivity contribution is -0.126. The third-order valence-corrected chi connectivity index (χ3v) is 5.34. The lowest BCUT2D eigenvalue weighted by Gasteiger charge is -2.31. The van der Waals surface area contributed by atoms with E-state index in [1.54, 1.807) is 4.90 Å². The van der Waals surface area contributed by atoms with Gasteiger partial charge >= 0.3 is 0 Å². The Balaban J connectivity index is 1.29. The number of hydrogen-bond donors (Lipinski definition) is 1. The summed E-state index contributed by atoms with van der Waals surface area (Å²) in [4.78, 5) is 26.5. The van der Waals surface area contributed by atoms with Crippen LogP contribution in [0.25, 0.3) is 0 Å². The number of hydrogen-bond acceptors (Lipinski definition) is 4. The zero-order valence-electron chi connectivity index (χ0n) is 16.2. The summed E-state index contributed by atoms with van der Waals surface area (Å²) in [6, 6.07) is 5.57. The molecule has 28 heavy (non-hydrogen) atoms. The van der Waals surface area contributed by atoms with Gasteiger partial charge in [-0.15, -0.1) is 0 Å². The zero-order valence-corrected chi connectivity index (χ0v) is 16.2. The van der Waals surface area contributed by atoms with Crippen LogP contribution in [-0.2, 0) is 14.3 Å². The van der Waals surface area contributed by atoms with Crippen molar-refractivity contribution < 1.29 is 23.5 Å². The van der Waals surface area contributed by atoms with Crippen molar-refractivity contribution >= 4 is 11.8 Å². The average Bonchev–Trinajstić information content (AvgIpc) is 3.24. The van der Waals surface area contributed by atoms with Gasteiger partial charge in [-0.3, -0.25) is 9.59 Å². The maximum Gasteiger partial charge on any atom is 0.253 e. The van der Waals surface area contributed by atoms with Gasteiger partial charge in [0.25, 0.3) is 5.91 Å². The van der Waals surface area contributed by atoms with Gasteiger partial charge < -0.3 is 19.7 Å². The highest BCUT2D eigenvalue weighted by Crippen LogP contribution is 2.19. The molecule has 0 radical (unpaired) electrons. The summed E-state index contributed by atoms with van der Waals surface area (Å²) in [5, 5.41) is 2.97. The van der Waals surface area contributed by atoms with Crippen molar-refractivity contribution in [3.63, 3.8) is 0 Å². The van der Waals surface area contributed by atoms with Crippen LogP contribution in [0, 0.1) is 11.7 Å². The number of halogens is 1. The molecule has 0 bridgehead atoms. The van der Waals surface area contributed by atoms with Crippen LogP contribution in [0.5, 0.6) is 0 Å². The van der Waals surface area contributed by atoms with E-state index in [4.69, 9.17) is 9.47 Å². The minimum Gasteiger partial charge on any atom is -0.379 e. The summed E-state index contributed by atoms with van der Waals surface area (Å²) >= 11 is 0. The summed E-state index contributed by atoms with van der Waals surface area (Å²) in [7, 11) is 0. The lowest BCUT2D eigenvalue weighted by atomic mass is 9.95. The van der Waals surface area contributed by atoms with Gasteiger partial charge in [0.05, 0.1) is 12.7 Å². The smallest absolute Gasteiger partial charge is 0.253 e. The summed E-state index contributed by atoms with van der Waals surface area (Å²) in [5.41, 5.74) is 0.479. The van der Waals surface area contributed by atoms with Crippen LogP contribution in [0.3, 0.4) is 0 Å². The zero-order chi connectivity index (χ0) is 19.8. The summed E-state index contributed by atoms with van der Waals surface area (Å²) in [5.74, 6) is -0.482. The molecule has 154 valence electrons. The number of benzene rings is 1. The van der Waals surface area contributed by atoms with Gasteiger partial charge in [0.15, 0.2) is 0 Å². The van der Waals surface area contributed by atoms with Gasteiger partial charge in [-0.1, -0.05) is 0 Å². The van der Waals surface area contributed by atoms with E-state index in [1.807, 2.05) is 0 Å². The molecule has 3 rings (SSSR count). The van der Waals surface area contributed by atoms with Crippen molar-refractivity contribution in [2.75, 3.05) is 39.5 Å². The third kappa shape index (κ3) is 6.01. The second-order valence-electron chi connectivity index (χ2n) is 7.43. The average molecular weight is 392 g/mol. The van der Waals surface area contributed by atoms with Crippen molar-refractivity contribution in [1.29, 1.82) is 0 Å². The van der Waals surface area contributed by atoms with E-state index in [1.165, 1.54) is 24.3 Å². The van der Waals surface area contributed by atoms with Crippen molar-refractivity contribution in [3.8, 4) is 0 Å². The Bertz CT molecular complexity index is 638. The van der Waals surface area contributed by atoms with Gasteiger partial charge in [0.1, 0.15) is 5.82 Å². The fourth-order valence-corrected chi connectivity index (χ4v) is 3.64. The fraction of sp³-hybridized carbons (Fsp3) is 0.619. The number of nitrogens with one attached hydrogen (secondary N) is 1. The molecule has 2 fully saturated rings. The highest BCUT2D eigenvalue weighted by Gasteiger charge is 2.27. The standard InChI is InChI=1S/C21H29FN2O4/c22-18-6-4-17(5-7-18)21(26)24-11-8-16(9-12-24)20(25)23-10-2-13-27-15-19-3-1-14-28-19/h4-7,16,19H,1-3,8-15H2,(H,23,25). The molecule has 0 spiro atoms. The van der Waals surface area contributed by atoms with Crippen molar-refractivity contribution in [2.45, 2.75) is 38.2 Å².